The quantitative estimate of drug-likeness (QED) is 0.523. The van der Waals surface area contributed by atoms with Crippen LogP contribution in [0.5, 0.6) is 5.75 Å². The first-order chi connectivity index (χ1) is 11.2. The smallest absolute Gasteiger partial charge is 0.417 e. The number of nitriles is 1. The fourth-order valence-corrected chi connectivity index (χ4v) is 1.86. The van der Waals surface area contributed by atoms with Gasteiger partial charge in [-0.15, -0.1) is 0 Å². The fourth-order valence-electron chi connectivity index (χ4n) is 1.86. The van der Waals surface area contributed by atoms with Gasteiger partial charge in [-0.3, -0.25) is 15.1 Å². The van der Waals surface area contributed by atoms with Gasteiger partial charge in [0.15, 0.2) is 0 Å². The summed E-state index contributed by atoms with van der Waals surface area (Å²) in [4.78, 5) is 13.8. The first kappa shape index (κ1) is 17.0. The molecule has 0 atom stereocenters. The van der Waals surface area contributed by atoms with E-state index in [0.29, 0.717) is 6.20 Å². The molecule has 0 aliphatic rings. The van der Waals surface area contributed by atoms with Gasteiger partial charge in [0.25, 0.3) is 5.69 Å². The standard InChI is InChI=1S/C15H8F3N3O3/c16-15(17,18)11-1-3-13(20-8-11)10(7-19)5-9-6-12(22)2-4-14(9)21(23)24/h1-6,8,22H. The number of nitro groups is 1. The van der Waals surface area contributed by atoms with E-state index in [0.717, 1.165) is 36.4 Å². The van der Waals surface area contributed by atoms with Gasteiger partial charge < -0.3 is 5.11 Å². The molecule has 0 aliphatic heterocycles. The Kier molecular flexibility index (Phi) is 4.50. The van der Waals surface area contributed by atoms with Gasteiger partial charge in [0, 0.05) is 12.3 Å². The summed E-state index contributed by atoms with van der Waals surface area (Å²) < 4.78 is 37.5. The molecule has 0 fully saturated rings. The van der Waals surface area contributed by atoms with Crippen LogP contribution in [0.4, 0.5) is 18.9 Å². The van der Waals surface area contributed by atoms with E-state index < -0.39 is 16.7 Å². The molecular weight excluding hydrogens is 327 g/mol. The zero-order valence-electron chi connectivity index (χ0n) is 11.8. The molecule has 0 saturated carbocycles. The number of halogens is 3. The van der Waals surface area contributed by atoms with Crippen LogP contribution in [0.3, 0.4) is 0 Å². The van der Waals surface area contributed by atoms with Gasteiger partial charge in [0.05, 0.1) is 27.3 Å². The van der Waals surface area contributed by atoms with Crippen LogP contribution in [-0.4, -0.2) is 15.0 Å². The van der Waals surface area contributed by atoms with Gasteiger partial charge in [0.2, 0.25) is 0 Å². The molecule has 1 heterocycles. The Balaban J connectivity index is 2.50. The highest BCUT2D eigenvalue weighted by molar-refractivity contribution is 5.90. The van der Waals surface area contributed by atoms with E-state index >= 15 is 0 Å². The maximum absolute atomic E-state index is 12.5. The predicted octanol–water partition coefficient (Wildman–Crippen LogP) is 3.78. The Morgan fingerprint density at radius 1 is 1.33 bits per heavy atom. The Morgan fingerprint density at radius 3 is 2.54 bits per heavy atom. The minimum Gasteiger partial charge on any atom is -0.508 e. The Morgan fingerprint density at radius 2 is 2.04 bits per heavy atom. The number of hydrogen-bond acceptors (Lipinski definition) is 5. The first-order valence-corrected chi connectivity index (χ1v) is 6.35. The summed E-state index contributed by atoms with van der Waals surface area (Å²) in [6, 6.07) is 6.70. The van der Waals surface area contributed by atoms with E-state index in [1.165, 1.54) is 0 Å². The highest BCUT2D eigenvalue weighted by Gasteiger charge is 2.30. The number of hydrogen-bond donors (Lipinski definition) is 1. The summed E-state index contributed by atoms with van der Waals surface area (Å²) in [6.45, 7) is 0. The number of aromatic hydroxyl groups is 1. The number of pyridine rings is 1. The molecule has 0 radical (unpaired) electrons. The van der Waals surface area contributed by atoms with E-state index in [4.69, 9.17) is 5.26 Å². The van der Waals surface area contributed by atoms with Crippen LogP contribution in [-0.2, 0) is 6.18 Å². The molecule has 24 heavy (non-hydrogen) atoms. The Hall–Kier alpha value is -3.41. The zero-order chi connectivity index (χ0) is 17.9. The lowest BCUT2D eigenvalue weighted by molar-refractivity contribution is -0.385. The van der Waals surface area contributed by atoms with Crippen molar-refractivity contribution in [2.24, 2.45) is 0 Å². The maximum atomic E-state index is 12.5. The molecule has 2 rings (SSSR count). The van der Waals surface area contributed by atoms with Crippen molar-refractivity contribution in [1.82, 2.24) is 4.98 Å². The average molecular weight is 335 g/mol. The summed E-state index contributed by atoms with van der Waals surface area (Å²) in [6.07, 6.45) is -2.92. The van der Waals surface area contributed by atoms with Crippen LogP contribution in [0.1, 0.15) is 16.8 Å². The van der Waals surface area contributed by atoms with Crippen molar-refractivity contribution in [2.75, 3.05) is 0 Å². The van der Waals surface area contributed by atoms with Crippen LogP contribution < -0.4 is 0 Å². The first-order valence-electron chi connectivity index (χ1n) is 6.35. The molecule has 9 heteroatoms. The summed E-state index contributed by atoms with van der Waals surface area (Å²) >= 11 is 0. The van der Waals surface area contributed by atoms with Gasteiger partial charge in [0.1, 0.15) is 11.8 Å². The maximum Gasteiger partial charge on any atom is 0.417 e. The number of nitrogens with zero attached hydrogens (tertiary/aromatic N) is 3. The van der Waals surface area contributed by atoms with E-state index in [9.17, 15) is 28.4 Å². The topological polar surface area (TPSA) is 100 Å². The highest BCUT2D eigenvalue weighted by atomic mass is 19.4. The molecule has 0 aliphatic carbocycles. The van der Waals surface area contributed by atoms with Crippen molar-refractivity contribution in [3.8, 4) is 11.8 Å². The van der Waals surface area contributed by atoms with Gasteiger partial charge in [-0.2, -0.15) is 18.4 Å². The molecule has 2 aromatic rings. The monoisotopic (exact) mass is 335 g/mol. The Bertz CT molecular complexity index is 853. The van der Waals surface area contributed by atoms with Gasteiger partial charge in [-0.25, -0.2) is 0 Å². The third-order valence-electron chi connectivity index (χ3n) is 2.99. The largest absolute Gasteiger partial charge is 0.508 e. The molecule has 0 bridgehead atoms. The number of benzene rings is 1. The van der Waals surface area contributed by atoms with Crippen molar-refractivity contribution in [1.29, 1.82) is 5.26 Å². The number of alkyl halides is 3. The van der Waals surface area contributed by atoms with E-state index in [-0.39, 0.29) is 28.3 Å². The molecule has 0 unspecified atom stereocenters. The molecule has 122 valence electrons. The van der Waals surface area contributed by atoms with Crippen molar-refractivity contribution < 1.29 is 23.2 Å². The highest BCUT2D eigenvalue weighted by Crippen LogP contribution is 2.30. The lowest BCUT2D eigenvalue weighted by atomic mass is 10.1. The molecule has 0 spiro atoms. The summed E-state index contributed by atoms with van der Waals surface area (Å²) in [5.74, 6) is -0.260. The van der Waals surface area contributed by atoms with Gasteiger partial charge in [-0.1, -0.05) is 0 Å². The van der Waals surface area contributed by atoms with Crippen LogP contribution in [0.2, 0.25) is 0 Å². The second-order valence-corrected chi connectivity index (χ2v) is 4.60. The Labute approximate surface area is 133 Å². The number of nitro benzene ring substituents is 1. The van der Waals surface area contributed by atoms with Crippen LogP contribution in [0.25, 0.3) is 11.6 Å². The molecule has 0 saturated heterocycles. The molecule has 0 amide bonds. The van der Waals surface area contributed by atoms with Crippen molar-refractivity contribution in [3.63, 3.8) is 0 Å². The van der Waals surface area contributed by atoms with Crippen molar-refractivity contribution >= 4 is 17.3 Å². The average Bonchev–Trinajstić information content (AvgIpc) is 2.51. The lowest BCUT2D eigenvalue weighted by Gasteiger charge is -2.06. The second kappa shape index (κ2) is 6.37. The third-order valence-corrected chi connectivity index (χ3v) is 2.99. The predicted molar refractivity (Wildman–Crippen MR) is 77.5 cm³/mol. The number of phenolic OH excluding ortho intramolecular Hbond substituents is 1. The molecule has 6 nitrogen and oxygen atoms in total. The summed E-state index contributed by atoms with van der Waals surface area (Å²) in [5.41, 5.74) is -1.68. The van der Waals surface area contributed by atoms with E-state index in [1.54, 1.807) is 6.07 Å². The van der Waals surface area contributed by atoms with E-state index in [2.05, 4.69) is 4.98 Å². The SMILES string of the molecule is N#CC(=Cc1cc(O)ccc1[N+](=O)[O-])c1ccc(C(F)(F)F)cn1. The molecule has 1 N–H and O–H groups in total. The minimum absolute atomic E-state index is 0.0711. The lowest BCUT2D eigenvalue weighted by Crippen LogP contribution is -2.05. The second-order valence-electron chi connectivity index (χ2n) is 4.60. The number of allylic oxidation sites excluding steroid dienone is 1. The van der Waals surface area contributed by atoms with Crippen LogP contribution >= 0.6 is 0 Å². The minimum atomic E-state index is -4.56. The summed E-state index contributed by atoms with van der Waals surface area (Å²) in [7, 11) is 0. The van der Waals surface area contributed by atoms with E-state index in [1.807, 2.05) is 0 Å². The van der Waals surface area contributed by atoms with Gasteiger partial charge >= 0.3 is 6.18 Å². The molecule has 1 aromatic heterocycles. The summed E-state index contributed by atoms with van der Waals surface area (Å²) in [5, 5.41) is 29.5. The zero-order valence-corrected chi connectivity index (χ0v) is 11.8. The number of aromatic nitrogens is 1. The van der Waals surface area contributed by atoms with Crippen molar-refractivity contribution in [3.05, 3.63) is 63.5 Å². The van der Waals surface area contributed by atoms with Crippen LogP contribution in [0.15, 0.2) is 36.5 Å². The molecular formula is C15H8F3N3O3. The van der Waals surface area contributed by atoms with Gasteiger partial charge in [-0.05, 0) is 30.3 Å². The number of rotatable bonds is 3. The van der Waals surface area contributed by atoms with Crippen molar-refractivity contribution in [2.45, 2.75) is 6.18 Å². The normalized spacial score (nSPS) is 11.8. The fraction of sp³-hybridized carbons (Fsp3) is 0.0667. The van der Waals surface area contributed by atoms with Crippen LogP contribution in [0, 0.1) is 21.4 Å². The molecule has 1 aromatic carbocycles. The number of phenols is 1. The third kappa shape index (κ3) is 3.67.